The number of hydrogen-bond donors (Lipinski definition) is 1. The van der Waals surface area contributed by atoms with Gasteiger partial charge in [0, 0.05) is 6.54 Å². The fourth-order valence-electron chi connectivity index (χ4n) is 2.97. The van der Waals surface area contributed by atoms with Crippen LogP contribution < -0.4 is 5.32 Å². The van der Waals surface area contributed by atoms with Gasteiger partial charge in [0.2, 0.25) is 5.91 Å². The van der Waals surface area contributed by atoms with Gasteiger partial charge in [-0.15, -0.1) is 0 Å². The fraction of sp³-hybridized carbons (Fsp3) is 0.611. The van der Waals surface area contributed by atoms with Crippen LogP contribution in [0.4, 0.5) is 0 Å². The number of amides is 1. The molecule has 1 saturated heterocycles. The summed E-state index contributed by atoms with van der Waals surface area (Å²) in [7, 11) is 0. The molecule has 0 saturated carbocycles. The number of carbonyl (C=O) groups is 1. The summed E-state index contributed by atoms with van der Waals surface area (Å²) in [6.45, 7) is 11.5. The quantitative estimate of drug-likeness (QED) is 0.917. The molecule has 1 aliphatic rings. The molecule has 3 heteroatoms. The van der Waals surface area contributed by atoms with Crippen LogP contribution in [0.1, 0.15) is 57.8 Å². The molecule has 1 fully saturated rings. The third-order valence-electron chi connectivity index (χ3n) is 3.83. The zero-order valence-electron chi connectivity index (χ0n) is 13.9. The summed E-state index contributed by atoms with van der Waals surface area (Å²) in [5.74, 6) is 0.248. The van der Waals surface area contributed by atoms with Crippen LogP contribution in [0, 0.1) is 12.3 Å². The lowest BCUT2D eigenvalue weighted by Gasteiger charge is -2.31. The molecule has 0 spiro atoms. The van der Waals surface area contributed by atoms with E-state index in [0.717, 1.165) is 19.4 Å². The average Bonchev–Trinajstić information content (AvgIpc) is 2.67. The Balaban J connectivity index is 2.29. The molecule has 1 aromatic carbocycles. The van der Waals surface area contributed by atoms with Crippen molar-refractivity contribution in [1.29, 1.82) is 0 Å². The monoisotopic (exact) mass is 288 g/mol. The molecule has 21 heavy (non-hydrogen) atoms. The minimum atomic E-state index is -0.0390. The van der Waals surface area contributed by atoms with Crippen LogP contribution in [-0.2, 0) is 4.79 Å². The van der Waals surface area contributed by atoms with E-state index in [-0.39, 0.29) is 23.5 Å². The van der Waals surface area contributed by atoms with Crippen molar-refractivity contribution in [2.45, 2.75) is 59.7 Å². The molecule has 2 atom stereocenters. The van der Waals surface area contributed by atoms with E-state index in [9.17, 15) is 4.79 Å². The first-order valence-electron chi connectivity index (χ1n) is 7.95. The summed E-state index contributed by atoms with van der Waals surface area (Å²) in [5.41, 5.74) is 2.52. The molecule has 1 aromatic rings. The summed E-state index contributed by atoms with van der Waals surface area (Å²) in [5, 5.41) is 3.53. The number of carbonyl (C=O) groups excluding carboxylic acids is 1. The highest BCUT2D eigenvalue weighted by molar-refractivity contribution is 5.84. The summed E-state index contributed by atoms with van der Waals surface area (Å²) >= 11 is 0. The molecule has 0 bridgehead atoms. The Morgan fingerprint density at radius 1 is 1.29 bits per heavy atom. The third-order valence-corrected chi connectivity index (χ3v) is 3.83. The summed E-state index contributed by atoms with van der Waals surface area (Å²) in [6, 6.07) is 8.41. The highest BCUT2D eigenvalue weighted by Gasteiger charge is 2.40. The van der Waals surface area contributed by atoms with E-state index in [4.69, 9.17) is 0 Å². The minimum Gasteiger partial charge on any atom is -0.321 e. The second kappa shape index (κ2) is 6.18. The predicted octanol–water partition coefficient (Wildman–Crippen LogP) is 3.64. The maximum atomic E-state index is 12.7. The maximum absolute atomic E-state index is 12.7. The maximum Gasteiger partial charge on any atom is 0.241 e. The molecule has 3 nitrogen and oxygen atoms in total. The normalized spacial score (nSPS) is 22.9. The molecular formula is C18H28N2O. The number of nitrogens with zero attached hydrogens (tertiary/aromatic N) is 1. The van der Waals surface area contributed by atoms with Gasteiger partial charge in [0.1, 0.15) is 6.17 Å². The van der Waals surface area contributed by atoms with Crippen LogP contribution in [-0.4, -0.2) is 23.4 Å². The van der Waals surface area contributed by atoms with E-state index in [1.165, 1.54) is 11.1 Å². The van der Waals surface area contributed by atoms with E-state index in [1.54, 1.807) is 0 Å². The molecule has 116 valence electrons. The Hall–Kier alpha value is -1.35. The first kappa shape index (κ1) is 16.0. The lowest BCUT2D eigenvalue weighted by atomic mass is 9.95. The topological polar surface area (TPSA) is 32.3 Å². The van der Waals surface area contributed by atoms with Crippen molar-refractivity contribution >= 4 is 5.91 Å². The van der Waals surface area contributed by atoms with Gasteiger partial charge in [-0.1, -0.05) is 63.9 Å². The average molecular weight is 288 g/mol. The van der Waals surface area contributed by atoms with Gasteiger partial charge in [-0.05, 0) is 24.3 Å². The van der Waals surface area contributed by atoms with Crippen molar-refractivity contribution < 1.29 is 4.79 Å². The van der Waals surface area contributed by atoms with E-state index >= 15 is 0 Å². The molecule has 1 aliphatic heterocycles. The van der Waals surface area contributed by atoms with Gasteiger partial charge in [0.15, 0.2) is 0 Å². The number of aryl methyl sites for hydroxylation is 1. The fourth-order valence-corrected chi connectivity index (χ4v) is 2.97. The second-order valence-electron chi connectivity index (χ2n) is 7.35. The standard InChI is InChI=1S/C18H28N2O/c1-6-8-15-17(21)20(12-18(3,4)5)16(19-15)14-10-7-9-13(2)11-14/h7,9-11,15-16,19H,6,8,12H2,1-5H3. The van der Waals surface area contributed by atoms with Crippen LogP contribution in [0.3, 0.4) is 0 Å². The van der Waals surface area contributed by atoms with Crippen molar-refractivity contribution in [2.24, 2.45) is 5.41 Å². The van der Waals surface area contributed by atoms with Gasteiger partial charge in [0.25, 0.3) is 0 Å². The van der Waals surface area contributed by atoms with Crippen LogP contribution in [0.15, 0.2) is 24.3 Å². The first-order chi connectivity index (χ1) is 9.81. The summed E-state index contributed by atoms with van der Waals surface area (Å²) in [4.78, 5) is 14.7. The number of hydrogen-bond acceptors (Lipinski definition) is 2. The molecule has 2 rings (SSSR count). The van der Waals surface area contributed by atoms with Crippen molar-refractivity contribution in [3.05, 3.63) is 35.4 Å². The van der Waals surface area contributed by atoms with E-state index in [2.05, 4.69) is 64.2 Å². The first-order valence-corrected chi connectivity index (χ1v) is 7.95. The Morgan fingerprint density at radius 2 is 2.00 bits per heavy atom. The van der Waals surface area contributed by atoms with Gasteiger partial charge in [-0.3, -0.25) is 10.1 Å². The Kier molecular flexibility index (Phi) is 4.72. The minimum absolute atomic E-state index is 0.00757. The van der Waals surface area contributed by atoms with Crippen LogP contribution in [0.2, 0.25) is 0 Å². The van der Waals surface area contributed by atoms with Gasteiger partial charge in [-0.2, -0.15) is 0 Å². The molecule has 0 aromatic heterocycles. The zero-order chi connectivity index (χ0) is 15.6. The van der Waals surface area contributed by atoms with Crippen LogP contribution in [0.25, 0.3) is 0 Å². The Labute approximate surface area is 128 Å². The van der Waals surface area contributed by atoms with E-state index in [0.29, 0.717) is 0 Å². The molecular weight excluding hydrogens is 260 g/mol. The highest BCUT2D eigenvalue weighted by Crippen LogP contribution is 2.30. The molecule has 1 amide bonds. The SMILES string of the molecule is CCCC1NC(c2cccc(C)c2)N(CC(C)(C)C)C1=O. The van der Waals surface area contributed by atoms with Crippen molar-refractivity contribution in [3.63, 3.8) is 0 Å². The van der Waals surface area contributed by atoms with Crippen molar-refractivity contribution in [1.82, 2.24) is 10.2 Å². The zero-order valence-corrected chi connectivity index (χ0v) is 13.9. The predicted molar refractivity (Wildman–Crippen MR) is 86.9 cm³/mol. The molecule has 0 radical (unpaired) electrons. The van der Waals surface area contributed by atoms with Crippen LogP contribution >= 0.6 is 0 Å². The smallest absolute Gasteiger partial charge is 0.241 e. The van der Waals surface area contributed by atoms with Crippen molar-refractivity contribution in [3.8, 4) is 0 Å². The second-order valence-corrected chi connectivity index (χ2v) is 7.35. The lowest BCUT2D eigenvalue weighted by molar-refractivity contribution is -0.131. The number of nitrogens with one attached hydrogen (secondary N) is 1. The van der Waals surface area contributed by atoms with Gasteiger partial charge in [-0.25, -0.2) is 0 Å². The largest absolute Gasteiger partial charge is 0.321 e. The number of benzene rings is 1. The van der Waals surface area contributed by atoms with E-state index in [1.807, 2.05) is 4.90 Å². The van der Waals surface area contributed by atoms with Crippen LogP contribution in [0.5, 0.6) is 0 Å². The van der Waals surface area contributed by atoms with Gasteiger partial charge < -0.3 is 4.90 Å². The van der Waals surface area contributed by atoms with Crippen molar-refractivity contribution in [2.75, 3.05) is 6.54 Å². The summed E-state index contributed by atoms with van der Waals surface area (Å²) < 4.78 is 0. The number of rotatable bonds is 4. The van der Waals surface area contributed by atoms with Gasteiger partial charge in [0.05, 0.1) is 6.04 Å². The van der Waals surface area contributed by atoms with Gasteiger partial charge >= 0.3 is 0 Å². The Morgan fingerprint density at radius 3 is 2.57 bits per heavy atom. The molecule has 1 heterocycles. The lowest BCUT2D eigenvalue weighted by Crippen LogP contribution is -2.37. The molecule has 2 unspecified atom stereocenters. The molecule has 1 N–H and O–H groups in total. The summed E-state index contributed by atoms with van der Waals surface area (Å²) in [6.07, 6.45) is 1.93. The Bertz CT molecular complexity index is 504. The third kappa shape index (κ3) is 3.85. The van der Waals surface area contributed by atoms with E-state index < -0.39 is 0 Å². The highest BCUT2D eigenvalue weighted by atomic mass is 16.2. The molecule has 0 aliphatic carbocycles.